The predicted molar refractivity (Wildman–Crippen MR) is 79.1 cm³/mol. The summed E-state index contributed by atoms with van der Waals surface area (Å²) in [6.07, 6.45) is 8.81. The number of anilines is 2. The molecule has 2 heterocycles. The van der Waals surface area contributed by atoms with E-state index in [4.69, 9.17) is 5.84 Å². The van der Waals surface area contributed by atoms with Crippen molar-refractivity contribution in [3.8, 4) is 0 Å². The van der Waals surface area contributed by atoms with Crippen molar-refractivity contribution in [3.05, 3.63) is 11.9 Å². The van der Waals surface area contributed by atoms with Gasteiger partial charge in [0.2, 0.25) is 0 Å². The van der Waals surface area contributed by atoms with Crippen LogP contribution in [-0.4, -0.2) is 22.6 Å². The van der Waals surface area contributed by atoms with Crippen LogP contribution in [0.3, 0.4) is 0 Å². The maximum absolute atomic E-state index is 5.56. The third kappa shape index (κ3) is 2.97. The van der Waals surface area contributed by atoms with E-state index in [1.165, 1.54) is 32.1 Å². The monoisotopic (exact) mass is 263 g/mol. The van der Waals surface area contributed by atoms with Crippen LogP contribution in [0.25, 0.3) is 0 Å². The Labute approximate surface area is 115 Å². The number of rotatable bonds is 5. The van der Waals surface area contributed by atoms with Gasteiger partial charge < -0.3 is 10.3 Å². The molecule has 1 aromatic heterocycles. The summed E-state index contributed by atoms with van der Waals surface area (Å²) in [6, 6.07) is 0.615. The standard InChI is InChI=1S/C14H25N5/c1-3-7-11-8-5-6-9-19(11)14-12(4-2)13(18-15)16-10-17-14/h10-11H,3-9,15H2,1-2H3,(H,16,17,18). The number of hydrogen-bond donors (Lipinski definition) is 2. The molecule has 0 radical (unpaired) electrons. The number of aromatic nitrogens is 2. The molecule has 1 atom stereocenters. The van der Waals surface area contributed by atoms with Gasteiger partial charge in [-0.15, -0.1) is 0 Å². The van der Waals surface area contributed by atoms with Crippen LogP contribution in [0.2, 0.25) is 0 Å². The molecule has 0 aromatic carbocycles. The molecular weight excluding hydrogens is 238 g/mol. The average Bonchev–Trinajstić information content (AvgIpc) is 2.47. The van der Waals surface area contributed by atoms with Crippen LogP contribution >= 0.6 is 0 Å². The summed E-state index contributed by atoms with van der Waals surface area (Å²) in [4.78, 5) is 11.2. The molecule has 1 saturated heterocycles. The number of hydrazine groups is 1. The molecule has 1 aliphatic rings. The van der Waals surface area contributed by atoms with Crippen LogP contribution < -0.4 is 16.2 Å². The Bertz CT molecular complexity index is 405. The van der Waals surface area contributed by atoms with Gasteiger partial charge in [-0.3, -0.25) is 0 Å². The molecule has 19 heavy (non-hydrogen) atoms. The summed E-state index contributed by atoms with van der Waals surface area (Å²) >= 11 is 0. The van der Waals surface area contributed by atoms with E-state index in [0.29, 0.717) is 6.04 Å². The maximum Gasteiger partial charge on any atom is 0.148 e. The molecule has 0 amide bonds. The van der Waals surface area contributed by atoms with E-state index < -0.39 is 0 Å². The van der Waals surface area contributed by atoms with Crippen molar-refractivity contribution in [2.75, 3.05) is 16.9 Å². The molecule has 0 bridgehead atoms. The lowest BCUT2D eigenvalue weighted by molar-refractivity contribution is 0.431. The first-order valence-electron chi connectivity index (χ1n) is 7.38. The van der Waals surface area contributed by atoms with Crippen LogP contribution in [-0.2, 0) is 6.42 Å². The van der Waals surface area contributed by atoms with Crippen molar-refractivity contribution < 1.29 is 0 Å². The molecule has 1 unspecified atom stereocenters. The van der Waals surface area contributed by atoms with Gasteiger partial charge in [0.1, 0.15) is 18.0 Å². The summed E-state index contributed by atoms with van der Waals surface area (Å²) < 4.78 is 0. The van der Waals surface area contributed by atoms with Gasteiger partial charge in [-0.25, -0.2) is 15.8 Å². The van der Waals surface area contributed by atoms with Crippen LogP contribution in [0.15, 0.2) is 6.33 Å². The van der Waals surface area contributed by atoms with Crippen LogP contribution in [0.1, 0.15) is 51.5 Å². The number of nitrogen functional groups attached to an aromatic ring is 1. The predicted octanol–water partition coefficient (Wildman–Crippen LogP) is 2.48. The fourth-order valence-corrected chi connectivity index (χ4v) is 3.01. The molecule has 106 valence electrons. The van der Waals surface area contributed by atoms with Gasteiger partial charge in [0.05, 0.1) is 0 Å². The Balaban J connectivity index is 2.32. The highest BCUT2D eigenvalue weighted by Gasteiger charge is 2.25. The van der Waals surface area contributed by atoms with E-state index in [1.807, 2.05) is 0 Å². The smallest absolute Gasteiger partial charge is 0.148 e. The SMILES string of the molecule is CCCC1CCCCN1c1ncnc(NN)c1CC. The summed E-state index contributed by atoms with van der Waals surface area (Å²) in [5.74, 6) is 7.39. The largest absolute Gasteiger partial charge is 0.353 e. The van der Waals surface area contributed by atoms with Gasteiger partial charge in [0.25, 0.3) is 0 Å². The first-order chi connectivity index (χ1) is 9.31. The molecule has 0 aliphatic carbocycles. The quantitative estimate of drug-likeness (QED) is 0.631. The Kier molecular flexibility index (Phi) is 4.96. The zero-order valence-electron chi connectivity index (χ0n) is 12.0. The molecule has 5 heteroatoms. The summed E-state index contributed by atoms with van der Waals surface area (Å²) in [5.41, 5.74) is 3.83. The lowest BCUT2D eigenvalue weighted by Crippen LogP contribution is -2.40. The van der Waals surface area contributed by atoms with Crippen molar-refractivity contribution in [1.82, 2.24) is 9.97 Å². The second-order valence-electron chi connectivity index (χ2n) is 5.15. The second kappa shape index (κ2) is 6.70. The lowest BCUT2D eigenvalue weighted by atomic mass is 9.97. The van der Waals surface area contributed by atoms with Crippen molar-refractivity contribution >= 4 is 11.6 Å². The van der Waals surface area contributed by atoms with Gasteiger partial charge in [-0.1, -0.05) is 20.3 Å². The van der Waals surface area contributed by atoms with Crippen LogP contribution in [0.4, 0.5) is 11.6 Å². The van der Waals surface area contributed by atoms with E-state index in [9.17, 15) is 0 Å². The molecule has 0 saturated carbocycles. The van der Waals surface area contributed by atoms with E-state index in [-0.39, 0.29) is 0 Å². The molecule has 0 spiro atoms. The minimum absolute atomic E-state index is 0.615. The second-order valence-corrected chi connectivity index (χ2v) is 5.15. The first kappa shape index (κ1) is 14.1. The minimum Gasteiger partial charge on any atom is -0.353 e. The normalized spacial score (nSPS) is 19.5. The highest BCUT2D eigenvalue weighted by Crippen LogP contribution is 2.30. The number of nitrogens with zero attached hydrogens (tertiary/aromatic N) is 3. The van der Waals surface area contributed by atoms with Crippen molar-refractivity contribution in [3.63, 3.8) is 0 Å². The van der Waals surface area contributed by atoms with Gasteiger partial charge in [-0.2, -0.15) is 0 Å². The number of nitrogens with two attached hydrogens (primary N) is 1. The van der Waals surface area contributed by atoms with Gasteiger partial charge in [0, 0.05) is 18.2 Å². The van der Waals surface area contributed by atoms with E-state index >= 15 is 0 Å². The zero-order chi connectivity index (χ0) is 13.7. The maximum atomic E-state index is 5.56. The Morgan fingerprint density at radius 1 is 1.37 bits per heavy atom. The third-order valence-electron chi connectivity index (χ3n) is 3.93. The Morgan fingerprint density at radius 2 is 2.21 bits per heavy atom. The van der Waals surface area contributed by atoms with Gasteiger partial charge in [-0.05, 0) is 32.1 Å². The summed E-state index contributed by atoms with van der Waals surface area (Å²) in [5, 5.41) is 0. The van der Waals surface area contributed by atoms with Crippen molar-refractivity contribution in [2.45, 2.75) is 58.4 Å². The highest BCUT2D eigenvalue weighted by atomic mass is 15.3. The van der Waals surface area contributed by atoms with Crippen molar-refractivity contribution in [1.29, 1.82) is 0 Å². The molecule has 3 N–H and O–H groups in total. The molecule has 1 aromatic rings. The first-order valence-corrected chi connectivity index (χ1v) is 7.38. The zero-order valence-corrected chi connectivity index (χ0v) is 12.0. The minimum atomic E-state index is 0.615. The third-order valence-corrected chi connectivity index (χ3v) is 3.93. The Hall–Kier alpha value is -1.36. The highest BCUT2D eigenvalue weighted by molar-refractivity contribution is 5.59. The topological polar surface area (TPSA) is 67.1 Å². The number of piperidine rings is 1. The van der Waals surface area contributed by atoms with Gasteiger partial charge >= 0.3 is 0 Å². The van der Waals surface area contributed by atoms with Crippen LogP contribution in [0.5, 0.6) is 0 Å². The van der Waals surface area contributed by atoms with E-state index in [2.05, 4.69) is 34.1 Å². The number of nitrogens with one attached hydrogen (secondary N) is 1. The number of hydrogen-bond acceptors (Lipinski definition) is 5. The van der Waals surface area contributed by atoms with E-state index in [0.717, 1.165) is 30.2 Å². The molecular formula is C14H25N5. The van der Waals surface area contributed by atoms with Crippen LogP contribution in [0, 0.1) is 0 Å². The average molecular weight is 263 g/mol. The van der Waals surface area contributed by atoms with E-state index in [1.54, 1.807) is 6.33 Å². The lowest BCUT2D eigenvalue weighted by Gasteiger charge is -2.37. The fourth-order valence-electron chi connectivity index (χ4n) is 3.01. The van der Waals surface area contributed by atoms with Gasteiger partial charge in [0.15, 0.2) is 0 Å². The molecule has 1 fully saturated rings. The summed E-state index contributed by atoms with van der Waals surface area (Å²) in [6.45, 7) is 5.47. The molecule has 5 nitrogen and oxygen atoms in total. The molecule has 1 aliphatic heterocycles. The Morgan fingerprint density at radius 3 is 2.89 bits per heavy atom. The fraction of sp³-hybridized carbons (Fsp3) is 0.714. The van der Waals surface area contributed by atoms with Crippen molar-refractivity contribution in [2.24, 2.45) is 5.84 Å². The molecule has 2 rings (SSSR count). The summed E-state index contributed by atoms with van der Waals surface area (Å²) in [7, 11) is 0.